The zero-order valence-corrected chi connectivity index (χ0v) is 63.5. The van der Waals surface area contributed by atoms with E-state index in [9.17, 15) is 15.0 Å². The van der Waals surface area contributed by atoms with Gasteiger partial charge >= 0.3 is 5.97 Å². The Bertz CT molecular complexity index is 1660. The summed E-state index contributed by atoms with van der Waals surface area (Å²) in [6, 6.07) is 0. The van der Waals surface area contributed by atoms with E-state index in [-0.39, 0.29) is 24.6 Å². The van der Waals surface area contributed by atoms with E-state index in [1.54, 1.807) is 0 Å². The SMILES string of the molecule is [2H]C(CCCCCCCCCCCC)CN(CCCCC(=O)OCCN1CCN(CCSSCCCCN(CC(O)CCCCCC/C=C\C/C=C\C/C=C\CC)CC(S)CCCCCC/C=C\C/C=C\C/C=C\CC)CC1)CC(O)CCCCCCCCCCCC. The molecule has 4 atom stereocenters. The highest BCUT2D eigenvalue weighted by Gasteiger charge is 2.19. The summed E-state index contributed by atoms with van der Waals surface area (Å²) in [6.07, 6.45) is 79.5. The van der Waals surface area contributed by atoms with Crippen molar-refractivity contribution in [2.75, 3.05) is 96.6 Å². The fraction of sp³-hybridized carbons (Fsp3) is 0.840. The average Bonchev–Trinajstić information content (AvgIpc) is 2.98. The smallest absolute Gasteiger partial charge is 0.305 e. The van der Waals surface area contributed by atoms with Crippen LogP contribution >= 0.6 is 34.2 Å². The number of rotatable bonds is 71. The zero-order valence-electron chi connectivity index (χ0n) is 61.9. The van der Waals surface area contributed by atoms with Crippen molar-refractivity contribution in [1.29, 1.82) is 0 Å². The zero-order chi connectivity index (χ0) is 67.2. The highest BCUT2D eigenvalue weighted by atomic mass is 33.1. The van der Waals surface area contributed by atoms with E-state index in [1.807, 2.05) is 21.6 Å². The highest BCUT2D eigenvalue weighted by Crippen LogP contribution is 2.24. The number of aliphatic hydroxyl groups excluding tert-OH is 2. The number of nitrogens with zero attached hydrogens (tertiary/aromatic N) is 4. The van der Waals surface area contributed by atoms with Gasteiger partial charge in [-0.2, -0.15) is 12.6 Å². The van der Waals surface area contributed by atoms with E-state index in [4.69, 9.17) is 18.7 Å². The lowest BCUT2D eigenvalue weighted by atomic mass is 10.0. The second kappa shape index (κ2) is 72.5. The third kappa shape index (κ3) is 64.7. The number of esters is 1. The summed E-state index contributed by atoms with van der Waals surface area (Å²) in [5, 5.41) is 22.7. The minimum atomic E-state index is -0.349. The number of ether oxygens (including phenoxy) is 1. The van der Waals surface area contributed by atoms with Gasteiger partial charge in [0, 0.05) is 83.5 Å². The Hall–Kier alpha value is -1.28. The average molecular weight is 1340 g/mol. The number of hydrogen-bond acceptors (Lipinski definition) is 11. The van der Waals surface area contributed by atoms with Gasteiger partial charge in [-0.1, -0.05) is 296 Å². The number of piperazine rings is 1. The standard InChI is InChI=1S/C81H152N4O4S3/c1-5-9-13-17-21-25-29-32-34-36-40-44-48-52-60-79(87)76-85(77-80(90)61-53-49-45-41-37-35-33-30-26-22-18-14-10-6-2)65-57-58-73-91-92-74-71-83-68-66-82(67-69-83)70-72-89-81(88)62-54-56-64-84(63-55-50-46-42-38-31-27-23-19-15-11-7-3)75-78(86)59-51-47-43-39-28-24-20-16-12-8-4/h9-10,13-14,21-22,25-26,32-35,78-80,86-87,90H,5-8,11-12,15-20,23-24,27-31,36-77H2,1-4H3/b13-9-,14-10-,25-21-,26-22-,34-32-,35-33-/i55D. The summed E-state index contributed by atoms with van der Waals surface area (Å²) < 4.78 is 14.7. The normalized spacial score (nSPS) is 15.4. The first-order valence-corrected chi connectivity index (χ1v) is 42.4. The molecule has 4 unspecified atom stereocenters. The van der Waals surface area contributed by atoms with Crippen LogP contribution < -0.4 is 0 Å². The minimum Gasteiger partial charge on any atom is -0.464 e. The van der Waals surface area contributed by atoms with Gasteiger partial charge in [0.05, 0.1) is 12.2 Å². The molecule has 0 radical (unpaired) electrons. The molecule has 0 aromatic carbocycles. The summed E-state index contributed by atoms with van der Waals surface area (Å²) in [5.74, 6) is 2.21. The lowest BCUT2D eigenvalue weighted by molar-refractivity contribution is -0.144. The van der Waals surface area contributed by atoms with Crippen LogP contribution in [-0.4, -0.2) is 150 Å². The first kappa shape index (κ1) is 86.8. The molecule has 0 amide bonds. The minimum absolute atomic E-state index is 0.0963. The van der Waals surface area contributed by atoms with E-state index in [0.29, 0.717) is 31.4 Å². The second-order valence-corrected chi connectivity index (χ2v) is 30.4. The number of carbonyl (C=O) groups is 1. The van der Waals surface area contributed by atoms with Crippen molar-refractivity contribution in [2.45, 2.75) is 340 Å². The van der Waals surface area contributed by atoms with Crippen LogP contribution in [0.2, 0.25) is 0 Å². The maximum absolute atomic E-state index is 12.9. The number of hydrogen-bond donors (Lipinski definition) is 3. The number of carbonyl (C=O) groups excluding carboxylic acids is 1. The van der Waals surface area contributed by atoms with Crippen molar-refractivity contribution in [3.8, 4) is 0 Å². The molecular weight excluding hydrogens is 1190 g/mol. The Morgan fingerprint density at radius 3 is 1.36 bits per heavy atom. The molecule has 0 aromatic rings. The van der Waals surface area contributed by atoms with E-state index < -0.39 is 0 Å². The van der Waals surface area contributed by atoms with Crippen molar-refractivity contribution < 1.29 is 21.1 Å². The highest BCUT2D eigenvalue weighted by molar-refractivity contribution is 8.76. The fourth-order valence-electron chi connectivity index (χ4n) is 12.2. The third-order valence-electron chi connectivity index (χ3n) is 18.1. The Morgan fingerprint density at radius 2 is 0.848 bits per heavy atom. The first-order valence-electron chi connectivity index (χ1n) is 39.9. The molecule has 0 saturated carbocycles. The second-order valence-electron chi connectivity index (χ2n) is 27.0. The maximum atomic E-state index is 12.9. The van der Waals surface area contributed by atoms with Crippen LogP contribution in [0.5, 0.6) is 0 Å². The van der Waals surface area contributed by atoms with Gasteiger partial charge in [-0.05, 0) is 135 Å². The van der Waals surface area contributed by atoms with Crippen molar-refractivity contribution in [3.05, 3.63) is 72.9 Å². The molecule has 0 bridgehead atoms. The predicted molar refractivity (Wildman–Crippen MR) is 416 cm³/mol. The van der Waals surface area contributed by atoms with Crippen molar-refractivity contribution in [2.24, 2.45) is 0 Å². The quantitative estimate of drug-likeness (QED) is 0.0180. The van der Waals surface area contributed by atoms with Gasteiger partial charge in [0.25, 0.3) is 0 Å². The van der Waals surface area contributed by atoms with Crippen LogP contribution in [0.1, 0.15) is 324 Å². The summed E-state index contributed by atoms with van der Waals surface area (Å²) in [4.78, 5) is 22.8. The van der Waals surface area contributed by atoms with Crippen LogP contribution in [0.15, 0.2) is 72.9 Å². The topological polar surface area (TPSA) is 79.7 Å². The third-order valence-corrected chi connectivity index (χ3v) is 21.0. The van der Waals surface area contributed by atoms with Crippen LogP contribution in [0, 0.1) is 0 Å². The molecule has 1 saturated heterocycles. The van der Waals surface area contributed by atoms with Gasteiger partial charge < -0.3 is 19.8 Å². The number of aliphatic hydroxyl groups is 2. The number of thiol groups is 1. The molecule has 0 aliphatic carbocycles. The van der Waals surface area contributed by atoms with Gasteiger partial charge in [0.2, 0.25) is 0 Å². The molecular formula is C81H152N4O4S3. The first-order chi connectivity index (χ1) is 45.7. The molecule has 1 heterocycles. The Kier molecular flexibility index (Phi) is 68.4. The lowest BCUT2D eigenvalue weighted by Crippen LogP contribution is -2.47. The summed E-state index contributed by atoms with van der Waals surface area (Å²) in [6.45, 7) is 20.4. The molecule has 1 fully saturated rings. The van der Waals surface area contributed by atoms with E-state index in [0.717, 1.165) is 186 Å². The van der Waals surface area contributed by atoms with Gasteiger partial charge in [-0.15, -0.1) is 0 Å². The maximum Gasteiger partial charge on any atom is 0.305 e. The van der Waals surface area contributed by atoms with Crippen LogP contribution in [0.4, 0.5) is 0 Å². The molecule has 1 aliphatic heterocycles. The Labute approximate surface area is 587 Å². The summed E-state index contributed by atoms with van der Waals surface area (Å²) in [5.41, 5.74) is 0. The molecule has 1 aliphatic rings. The van der Waals surface area contributed by atoms with Crippen LogP contribution in [0.3, 0.4) is 0 Å². The lowest BCUT2D eigenvalue weighted by Gasteiger charge is -2.34. The van der Waals surface area contributed by atoms with Gasteiger partial charge in [-0.3, -0.25) is 19.5 Å². The molecule has 538 valence electrons. The number of allylic oxidation sites excluding steroid dienone is 12. The van der Waals surface area contributed by atoms with E-state index in [1.165, 1.54) is 173 Å². The Morgan fingerprint density at radius 1 is 0.446 bits per heavy atom. The summed E-state index contributed by atoms with van der Waals surface area (Å²) in [7, 11) is 4.04. The summed E-state index contributed by atoms with van der Waals surface area (Å²) >= 11 is 5.11. The number of unbranched alkanes of at least 4 members (excludes halogenated alkanes) is 28. The van der Waals surface area contributed by atoms with Gasteiger partial charge in [-0.25, -0.2) is 0 Å². The molecule has 2 N–H and O–H groups in total. The van der Waals surface area contributed by atoms with Gasteiger partial charge in [0.1, 0.15) is 6.61 Å². The molecule has 0 spiro atoms. The van der Waals surface area contributed by atoms with E-state index in [2.05, 4.69) is 120 Å². The van der Waals surface area contributed by atoms with Crippen LogP contribution in [-0.2, 0) is 9.53 Å². The molecule has 92 heavy (non-hydrogen) atoms. The molecule has 1 rings (SSSR count). The Balaban J connectivity index is 2.41. The fourth-order valence-corrected chi connectivity index (χ4v) is 14.8. The van der Waals surface area contributed by atoms with Gasteiger partial charge in [0.15, 0.2) is 0 Å². The van der Waals surface area contributed by atoms with E-state index >= 15 is 0 Å². The van der Waals surface area contributed by atoms with Crippen LogP contribution in [0.25, 0.3) is 0 Å². The molecule has 0 aromatic heterocycles. The predicted octanol–water partition coefficient (Wildman–Crippen LogP) is 22.5. The van der Waals surface area contributed by atoms with Crippen molar-refractivity contribution in [1.82, 2.24) is 19.6 Å². The monoisotopic (exact) mass is 1340 g/mol. The molecule has 11 heteroatoms. The largest absolute Gasteiger partial charge is 0.464 e. The van der Waals surface area contributed by atoms with Crippen molar-refractivity contribution >= 4 is 40.2 Å². The van der Waals surface area contributed by atoms with Crippen molar-refractivity contribution in [3.63, 3.8) is 0 Å². The molecule has 8 nitrogen and oxygen atoms in total.